The summed E-state index contributed by atoms with van der Waals surface area (Å²) in [5.74, 6) is -0.181. The van der Waals surface area contributed by atoms with Gasteiger partial charge in [0.1, 0.15) is 24.4 Å². The van der Waals surface area contributed by atoms with Gasteiger partial charge in [0.05, 0.1) is 19.8 Å². The standard InChI is InChI=1S/C31H47NO6Si/c1-8-19-34-30-27(32-23(2)33)29(36-21-25-17-13-10-14-18-25)28(35-20-24-15-11-9-12-16-24)26(38-30)22-37-39(6,7)31(3,4)5/h9-18,26-30H,8,19-22H2,1-7H3,(H,32,33)/t26?,27?,28-,29+,30+/m0/s1. The Morgan fingerprint density at radius 1 is 0.897 bits per heavy atom. The van der Waals surface area contributed by atoms with Crippen LogP contribution in [0.25, 0.3) is 0 Å². The fourth-order valence-corrected chi connectivity index (χ4v) is 5.26. The van der Waals surface area contributed by atoms with Crippen LogP contribution < -0.4 is 5.32 Å². The second kappa shape index (κ2) is 14.5. The van der Waals surface area contributed by atoms with Crippen LogP contribution in [-0.2, 0) is 41.4 Å². The van der Waals surface area contributed by atoms with Crippen LogP contribution in [0.3, 0.4) is 0 Å². The molecule has 39 heavy (non-hydrogen) atoms. The van der Waals surface area contributed by atoms with Gasteiger partial charge >= 0.3 is 0 Å². The quantitative estimate of drug-likeness (QED) is 0.312. The average Bonchev–Trinajstić information content (AvgIpc) is 2.90. The third kappa shape index (κ3) is 9.23. The van der Waals surface area contributed by atoms with Gasteiger partial charge in [-0.1, -0.05) is 88.4 Å². The zero-order valence-corrected chi connectivity index (χ0v) is 25.6. The molecule has 0 spiro atoms. The van der Waals surface area contributed by atoms with Crippen LogP contribution in [0.1, 0.15) is 52.2 Å². The number of carbonyl (C=O) groups is 1. The maximum atomic E-state index is 12.3. The van der Waals surface area contributed by atoms with E-state index in [-0.39, 0.29) is 10.9 Å². The Morgan fingerprint density at radius 2 is 1.44 bits per heavy atom. The lowest BCUT2D eigenvalue weighted by molar-refractivity contribution is -0.287. The van der Waals surface area contributed by atoms with E-state index in [1.54, 1.807) is 0 Å². The molecule has 1 aliphatic heterocycles. The molecule has 8 heteroatoms. The summed E-state index contributed by atoms with van der Waals surface area (Å²) < 4.78 is 32.5. The van der Waals surface area contributed by atoms with Gasteiger partial charge in [0.2, 0.25) is 5.91 Å². The highest BCUT2D eigenvalue weighted by Gasteiger charge is 2.49. The van der Waals surface area contributed by atoms with Gasteiger partial charge in [0.15, 0.2) is 14.6 Å². The first kappa shape index (κ1) is 31.5. The minimum absolute atomic E-state index is 0.0438. The summed E-state index contributed by atoms with van der Waals surface area (Å²) in [6.07, 6.45) is -1.35. The first-order valence-electron chi connectivity index (χ1n) is 14.0. The van der Waals surface area contributed by atoms with Crippen LogP contribution in [-0.4, -0.2) is 58.1 Å². The Morgan fingerprint density at radius 3 is 1.92 bits per heavy atom. The summed E-state index contributed by atoms with van der Waals surface area (Å²) >= 11 is 0. The predicted octanol–water partition coefficient (Wildman–Crippen LogP) is 5.84. The molecule has 2 aromatic rings. The van der Waals surface area contributed by atoms with Crippen LogP contribution in [0, 0.1) is 0 Å². The number of nitrogens with one attached hydrogen (secondary N) is 1. The van der Waals surface area contributed by atoms with Gasteiger partial charge in [-0.05, 0) is 35.7 Å². The molecule has 1 saturated heterocycles. The smallest absolute Gasteiger partial charge is 0.217 e. The number of ether oxygens (including phenoxy) is 4. The van der Waals surface area contributed by atoms with Crippen molar-refractivity contribution in [2.75, 3.05) is 13.2 Å². The number of benzene rings is 2. The van der Waals surface area contributed by atoms with E-state index in [2.05, 4.69) is 39.2 Å². The lowest BCUT2D eigenvalue weighted by atomic mass is 9.96. The molecule has 2 unspecified atom stereocenters. The van der Waals surface area contributed by atoms with Crippen LogP contribution in [0.2, 0.25) is 18.1 Å². The minimum Gasteiger partial charge on any atom is -0.414 e. The monoisotopic (exact) mass is 557 g/mol. The van der Waals surface area contributed by atoms with E-state index in [0.29, 0.717) is 26.4 Å². The molecular formula is C31H47NO6Si. The van der Waals surface area contributed by atoms with E-state index < -0.39 is 39.0 Å². The molecular weight excluding hydrogens is 510 g/mol. The van der Waals surface area contributed by atoms with E-state index in [0.717, 1.165) is 17.5 Å². The highest BCUT2D eigenvalue weighted by atomic mass is 28.4. The van der Waals surface area contributed by atoms with Gasteiger partial charge in [-0.15, -0.1) is 0 Å². The summed E-state index contributed by atoms with van der Waals surface area (Å²) in [7, 11) is -2.08. The molecule has 1 N–H and O–H groups in total. The third-order valence-electron chi connectivity index (χ3n) is 7.49. The molecule has 0 aromatic heterocycles. The van der Waals surface area contributed by atoms with Crippen LogP contribution in [0.15, 0.2) is 60.7 Å². The van der Waals surface area contributed by atoms with Crippen molar-refractivity contribution >= 4 is 14.2 Å². The van der Waals surface area contributed by atoms with Crippen LogP contribution >= 0.6 is 0 Å². The molecule has 1 fully saturated rings. The Hall–Kier alpha value is -2.07. The zero-order valence-electron chi connectivity index (χ0n) is 24.6. The zero-order chi connectivity index (χ0) is 28.5. The molecule has 5 atom stereocenters. The van der Waals surface area contributed by atoms with Crippen molar-refractivity contribution in [1.29, 1.82) is 0 Å². The largest absolute Gasteiger partial charge is 0.414 e. The summed E-state index contributed by atoms with van der Waals surface area (Å²) in [6, 6.07) is 19.5. The Bertz CT molecular complexity index is 997. The fourth-order valence-electron chi connectivity index (χ4n) is 4.24. The summed E-state index contributed by atoms with van der Waals surface area (Å²) in [6.45, 7) is 16.2. The Labute approximate surface area is 235 Å². The second-order valence-electron chi connectivity index (χ2n) is 11.7. The number of amides is 1. The SMILES string of the molecule is CCCO[C@@H]1OC(CO[Si](C)(C)C(C)(C)C)[C@H](OCc2ccccc2)[C@H](OCc2ccccc2)C1NC(C)=O. The van der Waals surface area contributed by atoms with E-state index in [9.17, 15) is 4.79 Å². The molecule has 0 aliphatic carbocycles. The van der Waals surface area contributed by atoms with Crippen molar-refractivity contribution in [3.05, 3.63) is 71.8 Å². The molecule has 216 valence electrons. The molecule has 3 rings (SSSR count). The molecule has 2 aromatic carbocycles. The minimum atomic E-state index is -2.08. The average molecular weight is 558 g/mol. The van der Waals surface area contributed by atoms with Crippen molar-refractivity contribution in [3.8, 4) is 0 Å². The van der Waals surface area contributed by atoms with E-state index in [1.165, 1.54) is 6.92 Å². The van der Waals surface area contributed by atoms with Gasteiger partial charge in [-0.25, -0.2) is 0 Å². The van der Waals surface area contributed by atoms with E-state index in [4.69, 9.17) is 23.4 Å². The van der Waals surface area contributed by atoms with Crippen molar-refractivity contribution < 1.29 is 28.2 Å². The number of carbonyl (C=O) groups excluding carboxylic acids is 1. The molecule has 1 amide bonds. The van der Waals surface area contributed by atoms with Crippen LogP contribution in [0.4, 0.5) is 0 Å². The first-order valence-corrected chi connectivity index (χ1v) is 16.9. The lowest BCUT2D eigenvalue weighted by Crippen LogP contribution is -2.66. The number of rotatable bonds is 13. The van der Waals surface area contributed by atoms with Gasteiger partial charge in [-0.2, -0.15) is 0 Å². The molecule has 0 radical (unpaired) electrons. The maximum Gasteiger partial charge on any atom is 0.217 e. The van der Waals surface area contributed by atoms with Gasteiger partial charge in [0.25, 0.3) is 0 Å². The van der Waals surface area contributed by atoms with Crippen LogP contribution in [0.5, 0.6) is 0 Å². The molecule has 0 saturated carbocycles. The predicted molar refractivity (Wildman–Crippen MR) is 156 cm³/mol. The molecule has 7 nitrogen and oxygen atoms in total. The highest BCUT2D eigenvalue weighted by Crippen LogP contribution is 2.37. The van der Waals surface area contributed by atoms with E-state index >= 15 is 0 Å². The second-order valence-corrected chi connectivity index (χ2v) is 16.5. The summed E-state index contributed by atoms with van der Waals surface area (Å²) in [5, 5.41) is 3.09. The Balaban J connectivity index is 1.94. The molecule has 0 bridgehead atoms. The molecule has 1 aliphatic rings. The molecule has 1 heterocycles. The maximum absolute atomic E-state index is 12.3. The number of hydrogen-bond donors (Lipinski definition) is 1. The Kier molecular flexibility index (Phi) is 11.7. The third-order valence-corrected chi connectivity index (χ3v) is 12.0. The van der Waals surface area contributed by atoms with Crippen molar-refractivity contribution in [1.82, 2.24) is 5.32 Å². The summed E-state index contributed by atoms with van der Waals surface area (Å²) in [4.78, 5) is 12.3. The van der Waals surface area contributed by atoms with E-state index in [1.807, 2.05) is 67.6 Å². The van der Waals surface area contributed by atoms with Gasteiger partial charge < -0.3 is 28.7 Å². The lowest BCUT2D eigenvalue weighted by Gasteiger charge is -2.47. The topological polar surface area (TPSA) is 75.2 Å². The summed E-state index contributed by atoms with van der Waals surface area (Å²) in [5.41, 5.74) is 2.08. The van der Waals surface area contributed by atoms with Crippen molar-refractivity contribution in [2.24, 2.45) is 0 Å². The van der Waals surface area contributed by atoms with Crippen molar-refractivity contribution in [2.45, 2.75) is 103 Å². The normalized spacial score (nSPS) is 23.9. The van der Waals surface area contributed by atoms with Gasteiger partial charge in [0, 0.05) is 13.5 Å². The number of hydrogen-bond acceptors (Lipinski definition) is 6. The first-order chi connectivity index (χ1) is 18.5. The fraction of sp³-hybridized carbons (Fsp3) is 0.581. The van der Waals surface area contributed by atoms with Gasteiger partial charge in [-0.3, -0.25) is 4.79 Å². The van der Waals surface area contributed by atoms with Crippen molar-refractivity contribution in [3.63, 3.8) is 0 Å². The highest BCUT2D eigenvalue weighted by molar-refractivity contribution is 6.74.